The number of benzene rings is 2. The first-order chi connectivity index (χ1) is 14.6. The molecule has 1 atom stereocenters. The van der Waals surface area contributed by atoms with Gasteiger partial charge in [-0.05, 0) is 48.9 Å². The average Bonchev–Trinajstić information content (AvgIpc) is 2.94. The first kappa shape index (κ1) is 21.8. The van der Waals surface area contributed by atoms with Gasteiger partial charge in [0.05, 0.1) is 22.3 Å². The van der Waals surface area contributed by atoms with Crippen LogP contribution in [0.5, 0.6) is 0 Å². The summed E-state index contributed by atoms with van der Waals surface area (Å²) in [6.07, 6.45) is 0. The van der Waals surface area contributed by atoms with Crippen molar-refractivity contribution in [3.05, 3.63) is 54.1 Å². The molecule has 2 aliphatic heterocycles. The highest BCUT2D eigenvalue weighted by molar-refractivity contribution is 7.94. The molecule has 2 saturated heterocycles. The van der Waals surface area contributed by atoms with Crippen molar-refractivity contribution in [3.63, 3.8) is 0 Å². The maximum atomic E-state index is 13.1. The first-order valence-electron chi connectivity index (χ1n) is 10.1. The van der Waals surface area contributed by atoms with Crippen LogP contribution in [-0.4, -0.2) is 59.0 Å². The minimum Gasteiger partial charge on any atom is -0.369 e. The van der Waals surface area contributed by atoms with E-state index in [4.69, 9.17) is 0 Å². The molecule has 2 aliphatic rings. The molecular weight excluding hydrogens is 438 g/mol. The van der Waals surface area contributed by atoms with E-state index in [1.807, 2.05) is 25.1 Å². The van der Waals surface area contributed by atoms with Crippen LogP contribution in [0.15, 0.2) is 53.4 Å². The molecule has 0 N–H and O–H groups in total. The lowest BCUT2D eigenvalue weighted by Gasteiger charge is -2.35. The third kappa shape index (κ3) is 4.07. The Balaban J connectivity index is 1.49. The van der Waals surface area contributed by atoms with Crippen LogP contribution in [0.2, 0.25) is 0 Å². The second kappa shape index (κ2) is 7.92. The highest BCUT2D eigenvalue weighted by atomic mass is 32.2. The van der Waals surface area contributed by atoms with E-state index < -0.39 is 31.9 Å². The predicted molar refractivity (Wildman–Crippen MR) is 119 cm³/mol. The number of anilines is 2. The fourth-order valence-electron chi connectivity index (χ4n) is 4.00. The lowest BCUT2D eigenvalue weighted by atomic mass is 10.2. The zero-order valence-corrected chi connectivity index (χ0v) is 19.1. The fourth-order valence-corrected chi connectivity index (χ4v) is 7.24. The summed E-state index contributed by atoms with van der Waals surface area (Å²) < 4.78 is 52.9. The van der Waals surface area contributed by atoms with E-state index in [-0.39, 0.29) is 16.3 Å². The minimum atomic E-state index is -3.72. The van der Waals surface area contributed by atoms with E-state index in [9.17, 15) is 21.6 Å². The van der Waals surface area contributed by atoms with Gasteiger partial charge >= 0.3 is 0 Å². The highest BCUT2D eigenvalue weighted by Crippen LogP contribution is 2.30. The second-order valence-corrected chi connectivity index (χ2v) is 11.8. The quantitative estimate of drug-likeness (QED) is 0.687. The van der Waals surface area contributed by atoms with Gasteiger partial charge in [-0.25, -0.2) is 21.1 Å². The number of carbonyl (C=O) groups is 1. The van der Waals surface area contributed by atoms with Gasteiger partial charge in [0, 0.05) is 31.9 Å². The lowest BCUT2D eigenvalue weighted by molar-refractivity contribution is -0.119. The van der Waals surface area contributed by atoms with Gasteiger partial charge in [0.15, 0.2) is 0 Å². The topological polar surface area (TPSA) is 95.1 Å². The molecule has 0 aliphatic carbocycles. The van der Waals surface area contributed by atoms with Crippen molar-refractivity contribution < 1.29 is 21.6 Å². The summed E-state index contributed by atoms with van der Waals surface area (Å²) in [4.78, 5) is 14.5. The van der Waals surface area contributed by atoms with Crippen molar-refractivity contribution >= 4 is 37.3 Å². The standard InChI is InChI=1S/C21H25N3O5S2/c1-16-4-3-5-19(14-16)22-10-12-23(13-11-22)31(28,29)20-8-6-18(7-9-20)24-21(25)17(2)15-30(24,26)27/h3-9,14,17H,10-13,15H2,1-2H3/t17-/m1/s1. The zero-order valence-electron chi connectivity index (χ0n) is 17.4. The van der Waals surface area contributed by atoms with Crippen molar-refractivity contribution in [2.45, 2.75) is 18.7 Å². The molecule has 0 radical (unpaired) electrons. The molecule has 0 bridgehead atoms. The van der Waals surface area contributed by atoms with Crippen molar-refractivity contribution in [3.8, 4) is 0 Å². The van der Waals surface area contributed by atoms with Crippen LogP contribution in [0.4, 0.5) is 11.4 Å². The SMILES string of the molecule is Cc1cccc(N2CCN(S(=O)(=O)c3ccc(N4C(=O)[C@H](C)CS4(=O)=O)cc3)CC2)c1. The molecular formula is C21H25N3O5S2. The number of aryl methyl sites for hydroxylation is 1. The second-order valence-electron chi connectivity index (χ2n) is 8.01. The molecule has 0 saturated carbocycles. The van der Waals surface area contributed by atoms with E-state index in [1.54, 1.807) is 6.92 Å². The van der Waals surface area contributed by atoms with E-state index >= 15 is 0 Å². The summed E-state index contributed by atoms with van der Waals surface area (Å²) in [6.45, 7) is 5.46. The zero-order chi connectivity index (χ0) is 22.4. The number of rotatable bonds is 4. The molecule has 8 nitrogen and oxygen atoms in total. The molecule has 4 rings (SSSR count). The molecule has 0 aromatic heterocycles. The molecule has 0 unspecified atom stereocenters. The van der Waals surface area contributed by atoms with Crippen LogP contribution in [-0.2, 0) is 24.8 Å². The number of amides is 1. The molecule has 31 heavy (non-hydrogen) atoms. The van der Waals surface area contributed by atoms with Gasteiger partial charge in [0.1, 0.15) is 0 Å². The molecule has 2 heterocycles. The molecule has 166 valence electrons. The highest BCUT2D eigenvalue weighted by Gasteiger charge is 2.42. The number of carbonyl (C=O) groups excluding carboxylic acids is 1. The summed E-state index contributed by atoms with van der Waals surface area (Å²) in [7, 11) is -7.44. The number of hydrogen-bond acceptors (Lipinski definition) is 6. The van der Waals surface area contributed by atoms with E-state index in [1.165, 1.54) is 28.6 Å². The Bertz CT molecular complexity index is 1200. The smallest absolute Gasteiger partial charge is 0.244 e. The number of nitrogens with zero attached hydrogens (tertiary/aromatic N) is 3. The Labute approximate surface area is 183 Å². The Morgan fingerprint density at radius 2 is 1.58 bits per heavy atom. The Kier molecular flexibility index (Phi) is 5.57. The molecule has 1 amide bonds. The summed E-state index contributed by atoms with van der Waals surface area (Å²) >= 11 is 0. The summed E-state index contributed by atoms with van der Waals surface area (Å²) in [5.41, 5.74) is 2.39. The van der Waals surface area contributed by atoms with Gasteiger partial charge in [0.25, 0.3) is 0 Å². The number of piperazine rings is 1. The molecule has 0 spiro atoms. The van der Waals surface area contributed by atoms with E-state index in [0.717, 1.165) is 15.6 Å². The van der Waals surface area contributed by atoms with E-state index in [0.29, 0.717) is 26.2 Å². The van der Waals surface area contributed by atoms with Crippen molar-refractivity contribution in [1.82, 2.24) is 4.31 Å². The molecule has 2 fully saturated rings. The van der Waals surface area contributed by atoms with Gasteiger partial charge in [-0.15, -0.1) is 0 Å². The number of sulfonamides is 2. The van der Waals surface area contributed by atoms with Gasteiger partial charge in [0.2, 0.25) is 26.0 Å². The summed E-state index contributed by atoms with van der Waals surface area (Å²) in [6, 6.07) is 13.6. The third-order valence-corrected chi connectivity index (χ3v) is 9.46. The largest absolute Gasteiger partial charge is 0.369 e. The van der Waals surface area contributed by atoms with Gasteiger partial charge in [-0.2, -0.15) is 4.31 Å². The van der Waals surface area contributed by atoms with Gasteiger partial charge < -0.3 is 4.90 Å². The monoisotopic (exact) mass is 463 g/mol. The van der Waals surface area contributed by atoms with Crippen LogP contribution in [0, 0.1) is 12.8 Å². The van der Waals surface area contributed by atoms with Crippen LogP contribution >= 0.6 is 0 Å². The molecule has 2 aromatic rings. The summed E-state index contributed by atoms with van der Waals surface area (Å²) in [5, 5.41) is 0. The van der Waals surface area contributed by atoms with Crippen molar-refractivity contribution in [2.75, 3.05) is 41.1 Å². The van der Waals surface area contributed by atoms with Crippen molar-refractivity contribution in [2.24, 2.45) is 5.92 Å². The van der Waals surface area contributed by atoms with Crippen LogP contribution in [0.25, 0.3) is 0 Å². The maximum Gasteiger partial charge on any atom is 0.244 e. The Hall–Kier alpha value is -2.43. The predicted octanol–water partition coefficient (Wildman–Crippen LogP) is 1.82. The first-order valence-corrected chi connectivity index (χ1v) is 13.1. The number of hydrogen-bond donors (Lipinski definition) is 0. The normalized spacial score (nSPS) is 22.1. The van der Waals surface area contributed by atoms with Gasteiger partial charge in [-0.1, -0.05) is 19.1 Å². The minimum absolute atomic E-state index is 0.0809. The average molecular weight is 464 g/mol. The Morgan fingerprint density at radius 1 is 0.935 bits per heavy atom. The fraction of sp³-hybridized carbons (Fsp3) is 0.381. The van der Waals surface area contributed by atoms with Crippen molar-refractivity contribution in [1.29, 1.82) is 0 Å². The molecule has 2 aromatic carbocycles. The molecule has 10 heteroatoms. The lowest BCUT2D eigenvalue weighted by Crippen LogP contribution is -2.48. The maximum absolute atomic E-state index is 13.1. The van der Waals surface area contributed by atoms with Gasteiger partial charge in [-0.3, -0.25) is 4.79 Å². The van der Waals surface area contributed by atoms with E-state index in [2.05, 4.69) is 11.0 Å². The third-order valence-electron chi connectivity index (χ3n) is 5.67. The van der Waals surface area contributed by atoms with Crippen LogP contribution < -0.4 is 9.21 Å². The van der Waals surface area contributed by atoms with Crippen LogP contribution in [0.3, 0.4) is 0 Å². The Morgan fingerprint density at radius 3 is 2.13 bits per heavy atom. The van der Waals surface area contributed by atoms with Crippen LogP contribution in [0.1, 0.15) is 12.5 Å². The summed E-state index contributed by atoms with van der Waals surface area (Å²) in [5.74, 6) is -1.35.